The van der Waals surface area contributed by atoms with Crippen LogP contribution in [0.2, 0.25) is 0 Å². The molecule has 8 nitrogen and oxygen atoms in total. The minimum Gasteiger partial charge on any atom is -0.340 e. The third-order valence-corrected chi connectivity index (χ3v) is 6.94. The fourth-order valence-corrected chi connectivity index (χ4v) is 5.02. The van der Waals surface area contributed by atoms with Gasteiger partial charge in [-0.2, -0.15) is 0 Å². The van der Waals surface area contributed by atoms with E-state index in [0.29, 0.717) is 28.2 Å². The molecule has 1 fully saturated rings. The molecule has 1 aromatic heterocycles. The normalized spacial score (nSPS) is 15.7. The van der Waals surface area contributed by atoms with Crippen LogP contribution in [0.4, 0.5) is 17.2 Å². The largest absolute Gasteiger partial charge is 0.340 e. The van der Waals surface area contributed by atoms with Crippen molar-refractivity contribution in [2.24, 2.45) is 0 Å². The van der Waals surface area contributed by atoms with Crippen molar-refractivity contribution in [3.05, 3.63) is 76.7 Å². The molecule has 0 atom stereocenters. The first-order chi connectivity index (χ1) is 17.4. The summed E-state index contributed by atoms with van der Waals surface area (Å²) < 4.78 is 0. The molecule has 0 radical (unpaired) electrons. The summed E-state index contributed by atoms with van der Waals surface area (Å²) >= 11 is 0. The summed E-state index contributed by atoms with van der Waals surface area (Å²) in [7, 11) is 0. The highest BCUT2D eigenvalue weighted by molar-refractivity contribution is 6.22. The van der Waals surface area contributed by atoms with Crippen LogP contribution in [0.1, 0.15) is 81.4 Å². The minimum atomic E-state index is -0.334. The molecule has 3 amide bonds. The highest BCUT2D eigenvalue weighted by Crippen LogP contribution is 2.32. The Kier molecular flexibility index (Phi) is 6.50. The third-order valence-electron chi connectivity index (χ3n) is 6.94. The Labute approximate surface area is 210 Å². The van der Waals surface area contributed by atoms with Crippen molar-refractivity contribution in [3.8, 4) is 0 Å². The fourth-order valence-electron chi connectivity index (χ4n) is 5.02. The second-order valence-corrected chi connectivity index (χ2v) is 9.38. The molecule has 1 aliphatic carbocycles. The standard InChI is InChI=1S/C28H29N5O3/c1-3-18-9-11-20(31-25-13-17(2)29-16-30-25)15-24(18)32-26(34)19-10-12-22-23(14-19)28(36)33(27(22)35)21-7-5-4-6-8-21/h9-16,21H,3-8H2,1-2H3,(H,32,34)(H,29,30,31). The summed E-state index contributed by atoms with van der Waals surface area (Å²) in [6.07, 6.45) is 7.10. The van der Waals surface area contributed by atoms with E-state index in [1.807, 2.05) is 38.1 Å². The van der Waals surface area contributed by atoms with Crippen molar-refractivity contribution >= 4 is 34.9 Å². The molecule has 0 bridgehead atoms. The van der Waals surface area contributed by atoms with Crippen molar-refractivity contribution in [2.45, 2.75) is 58.4 Å². The zero-order valence-corrected chi connectivity index (χ0v) is 20.5. The molecule has 2 heterocycles. The van der Waals surface area contributed by atoms with E-state index in [4.69, 9.17) is 0 Å². The molecule has 0 saturated heterocycles. The van der Waals surface area contributed by atoms with E-state index in [1.165, 1.54) is 11.2 Å². The average Bonchev–Trinajstić information content (AvgIpc) is 3.14. The first-order valence-corrected chi connectivity index (χ1v) is 12.5. The van der Waals surface area contributed by atoms with Crippen molar-refractivity contribution < 1.29 is 14.4 Å². The zero-order chi connectivity index (χ0) is 25.2. The van der Waals surface area contributed by atoms with Crippen LogP contribution in [0.3, 0.4) is 0 Å². The molecule has 0 unspecified atom stereocenters. The molecule has 2 N–H and O–H groups in total. The van der Waals surface area contributed by atoms with Crippen LogP contribution in [0.15, 0.2) is 48.8 Å². The maximum atomic E-state index is 13.2. The quantitative estimate of drug-likeness (QED) is 0.463. The first-order valence-electron chi connectivity index (χ1n) is 12.5. The number of aryl methyl sites for hydroxylation is 2. The molecule has 1 saturated carbocycles. The monoisotopic (exact) mass is 483 g/mol. The Morgan fingerprint density at radius 3 is 2.50 bits per heavy atom. The zero-order valence-electron chi connectivity index (χ0n) is 20.5. The van der Waals surface area contributed by atoms with Crippen molar-refractivity contribution in [1.82, 2.24) is 14.9 Å². The van der Waals surface area contributed by atoms with Gasteiger partial charge in [0.2, 0.25) is 0 Å². The average molecular weight is 484 g/mol. The summed E-state index contributed by atoms with van der Waals surface area (Å²) in [5.41, 5.74) is 4.29. The van der Waals surface area contributed by atoms with E-state index >= 15 is 0 Å². The SMILES string of the molecule is CCc1ccc(Nc2cc(C)ncn2)cc1NC(=O)c1ccc2c(c1)C(=O)N(C1CCCCC1)C2=O. The van der Waals surface area contributed by atoms with Crippen molar-refractivity contribution in [2.75, 3.05) is 10.6 Å². The van der Waals surface area contributed by atoms with E-state index in [-0.39, 0.29) is 23.8 Å². The van der Waals surface area contributed by atoms with Gasteiger partial charge in [0.05, 0.1) is 11.1 Å². The lowest BCUT2D eigenvalue weighted by Gasteiger charge is -2.29. The second-order valence-electron chi connectivity index (χ2n) is 9.38. The van der Waals surface area contributed by atoms with Gasteiger partial charge in [-0.3, -0.25) is 19.3 Å². The van der Waals surface area contributed by atoms with Crippen molar-refractivity contribution in [1.29, 1.82) is 0 Å². The van der Waals surface area contributed by atoms with Gasteiger partial charge in [-0.1, -0.05) is 32.3 Å². The summed E-state index contributed by atoms with van der Waals surface area (Å²) in [4.78, 5) is 49.0. The number of carbonyl (C=O) groups excluding carboxylic acids is 3. The number of imide groups is 1. The van der Waals surface area contributed by atoms with Crippen LogP contribution in [0, 0.1) is 6.92 Å². The van der Waals surface area contributed by atoms with Gasteiger partial charge in [-0.15, -0.1) is 0 Å². The molecule has 36 heavy (non-hydrogen) atoms. The van der Waals surface area contributed by atoms with Gasteiger partial charge in [-0.05, 0) is 62.1 Å². The number of aromatic nitrogens is 2. The lowest BCUT2D eigenvalue weighted by molar-refractivity contribution is 0.0549. The molecular weight excluding hydrogens is 454 g/mol. The van der Waals surface area contributed by atoms with E-state index in [0.717, 1.165) is 55.5 Å². The van der Waals surface area contributed by atoms with Gasteiger partial charge in [0.15, 0.2) is 0 Å². The fraction of sp³-hybridized carbons (Fsp3) is 0.321. The topological polar surface area (TPSA) is 104 Å². The number of benzene rings is 2. The molecule has 184 valence electrons. The summed E-state index contributed by atoms with van der Waals surface area (Å²) in [6, 6.07) is 12.3. The lowest BCUT2D eigenvalue weighted by atomic mass is 9.94. The number of amides is 3. The predicted octanol–water partition coefficient (Wildman–Crippen LogP) is 5.27. The maximum Gasteiger partial charge on any atom is 0.261 e. The maximum absolute atomic E-state index is 13.2. The van der Waals surface area contributed by atoms with Crippen LogP contribution in [0.5, 0.6) is 0 Å². The van der Waals surface area contributed by atoms with Gasteiger partial charge in [-0.25, -0.2) is 9.97 Å². The highest BCUT2D eigenvalue weighted by Gasteiger charge is 2.40. The molecule has 5 rings (SSSR count). The summed E-state index contributed by atoms with van der Waals surface area (Å²) in [6.45, 7) is 3.91. The first kappa shape index (κ1) is 23.7. The smallest absolute Gasteiger partial charge is 0.261 e. The van der Waals surface area contributed by atoms with E-state index < -0.39 is 0 Å². The Bertz CT molecular complexity index is 1350. The number of anilines is 3. The van der Waals surface area contributed by atoms with Gasteiger partial charge in [0.1, 0.15) is 12.1 Å². The van der Waals surface area contributed by atoms with Crippen LogP contribution in [-0.2, 0) is 6.42 Å². The lowest BCUT2D eigenvalue weighted by Crippen LogP contribution is -2.40. The predicted molar refractivity (Wildman–Crippen MR) is 138 cm³/mol. The number of hydrogen-bond donors (Lipinski definition) is 2. The van der Waals surface area contributed by atoms with E-state index in [9.17, 15) is 14.4 Å². The number of carbonyl (C=O) groups is 3. The number of hydrogen-bond acceptors (Lipinski definition) is 6. The number of nitrogens with zero attached hydrogens (tertiary/aromatic N) is 3. The minimum absolute atomic E-state index is 0.0514. The van der Waals surface area contributed by atoms with E-state index in [1.54, 1.807) is 18.2 Å². The molecule has 2 aliphatic rings. The third kappa shape index (κ3) is 4.58. The molecular formula is C28H29N5O3. The second kappa shape index (κ2) is 9.89. The van der Waals surface area contributed by atoms with E-state index in [2.05, 4.69) is 20.6 Å². The summed E-state index contributed by atoms with van der Waals surface area (Å²) in [5, 5.41) is 6.23. The summed E-state index contributed by atoms with van der Waals surface area (Å²) in [5.74, 6) is -0.217. The van der Waals surface area contributed by atoms with Crippen LogP contribution >= 0.6 is 0 Å². The van der Waals surface area contributed by atoms with Crippen LogP contribution in [0.25, 0.3) is 0 Å². The Morgan fingerprint density at radius 2 is 1.75 bits per heavy atom. The number of fused-ring (bicyclic) bond motifs is 1. The Balaban J connectivity index is 1.37. The van der Waals surface area contributed by atoms with Gasteiger partial charge >= 0.3 is 0 Å². The Morgan fingerprint density at radius 1 is 0.972 bits per heavy atom. The van der Waals surface area contributed by atoms with Gasteiger partial charge in [0, 0.05) is 34.7 Å². The molecule has 8 heteroatoms. The van der Waals surface area contributed by atoms with Gasteiger partial charge < -0.3 is 10.6 Å². The van der Waals surface area contributed by atoms with Crippen molar-refractivity contribution in [3.63, 3.8) is 0 Å². The Hall–Kier alpha value is -4.07. The highest BCUT2D eigenvalue weighted by atomic mass is 16.2. The number of nitrogens with one attached hydrogen (secondary N) is 2. The molecule has 2 aromatic carbocycles. The van der Waals surface area contributed by atoms with Crippen LogP contribution < -0.4 is 10.6 Å². The van der Waals surface area contributed by atoms with Crippen LogP contribution in [-0.4, -0.2) is 38.6 Å². The molecule has 3 aromatic rings. The molecule has 1 aliphatic heterocycles. The molecule has 0 spiro atoms. The number of rotatable bonds is 6. The van der Waals surface area contributed by atoms with Gasteiger partial charge in [0.25, 0.3) is 17.7 Å².